The van der Waals surface area contributed by atoms with Crippen molar-refractivity contribution in [2.75, 3.05) is 0 Å². The van der Waals surface area contributed by atoms with Crippen molar-refractivity contribution in [1.82, 2.24) is 0 Å². The highest BCUT2D eigenvalue weighted by molar-refractivity contribution is 5.75. The fourth-order valence-corrected chi connectivity index (χ4v) is 0.838. The highest BCUT2D eigenvalue weighted by Crippen LogP contribution is 2.23. The maximum Gasteiger partial charge on any atom is 0.340 e. The molecule has 1 rings (SSSR count). The van der Waals surface area contributed by atoms with Gasteiger partial charge in [0, 0.05) is 5.56 Å². The van der Waals surface area contributed by atoms with Crippen LogP contribution in [0.4, 0.5) is 17.6 Å². The van der Waals surface area contributed by atoms with Gasteiger partial charge in [0.1, 0.15) is 0 Å². The summed E-state index contributed by atoms with van der Waals surface area (Å²) in [6, 6.07) is 0.197. The first-order valence-corrected chi connectivity index (χ1v) is 3.31. The molecule has 0 radical (unpaired) electrons. The average Bonchev–Trinajstić information content (AvgIpc) is 2.08. The van der Waals surface area contributed by atoms with Crippen LogP contribution in [0.25, 0.3) is 0 Å². The molecular weight excluding hydrogens is 188 g/mol. The van der Waals surface area contributed by atoms with E-state index in [2.05, 4.69) is 0 Å². The molecule has 1 aromatic rings. The SMILES string of the molecule is O=C(F)C(F)c1cccc(F)c1F. The summed E-state index contributed by atoms with van der Waals surface area (Å²) >= 11 is 0. The van der Waals surface area contributed by atoms with Crippen molar-refractivity contribution in [2.24, 2.45) is 0 Å². The highest BCUT2D eigenvalue weighted by Gasteiger charge is 2.24. The van der Waals surface area contributed by atoms with Gasteiger partial charge in [-0.25, -0.2) is 13.2 Å². The zero-order valence-electron chi connectivity index (χ0n) is 6.23. The predicted molar refractivity (Wildman–Crippen MR) is 36.3 cm³/mol. The smallest absolute Gasteiger partial charge is 0.257 e. The van der Waals surface area contributed by atoms with E-state index in [-0.39, 0.29) is 0 Å². The van der Waals surface area contributed by atoms with E-state index in [1.807, 2.05) is 0 Å². The van der Waals surface area contributed by atoms with E-state index in [1.54, 1.807) is 0 Å². The minimum absolute atomic E-state index is 0.744. The quantitative estimate of drug-likeness (QED) is 0.519. The molecule has 5 heteroatoms. The zero-order chi connectivity index (χ0) is 10.0. The number of carbonyl (C=O) groups excluding carboxylic acids is 1. The first-order valence-electron chi connectivity index (χ1n) is 3.31. The molecule has 1 nitrogen and oxygen atoms in total. The Bertz CT molecular complexity index is 337. The monoisotopic (exact) mass is 192 g/mol. The van der Waals surface area contributed by atoms with Crippen LogP contribution in [0.15, 0.2) is 18.2 Å². The highest BCUT2D eigenvalue weighted by atomic mass is 19.2. The molecule has 13 heavy (non-hydrogen) atoms. The molecule has 1 atom stereocenters. The summed E-state index contributed by atoms with van der Waals surface area (Å²) in [5.41, 5.74) is -0.924. The third-order valence-corrected chi connectivity index (χ3v) is 1.45. The minimum Gasteiger partial charge on any atom is -0.257 e. The number of hydrogen-bond acceptors (Lipinski definition) is 1. The Morgan fingerprint density at radius 2 is 1.92 bits per heavy atom. The molecule has 1 unspecified atom stereocenters. The summed E-state index contributed by atoms with van der Waals surface area (Å²) in [6.07, 6.45) is -2.75. The van der Waals surface area contributed by atoms with E-state index >= 15 is 0 Å². The second-order valence-corrected chi connectivity index (χ2v) is 2.31. The topological polar surface area (TPSA) is 17.1 Å². The van der Waals surface area contributed by atoms with Gasteiger partial charge in [-0.2, -0.15) is 4.39 Å². The molecule has 0 aliphatic heterocycles. The standard InChI is InChI=1S/C8H4F4O/c9-5-3-1-2-4(6(5)10)7(11)8(12)13/h1-3,7H. The summed E-state index contributed by atoms with van der Waals surface area (Å²) in [5, 5.41) is 0. The second kappa shape index (κ2) is 3.55. The number of rotatable bonds is 2. The van der Waals surface area contributed by atoms with Crippen molar-refractivity contribution in [3.63, 3.8) is 0 Å². The summed E-state index contributed by atoms with van der Waals surface area (Å²) in [4.78, 5) is 9.88. The largest absolute Gasteiger partial charge is 0.340 e. The van der Waals surface area contributed by atoms with E-state index in [4.69, 9.17) is 0 Å². The number of halogens is 4. The third-order valence-electron chi connectivity index (χ3n) is 1.45. The van der Waals surface area contributed by atoms with Crippen molar-refractivity contribution < 1.29 is 22.4 Å². The van der Waals surface area contributed by atoms with Crippen molar-refractivity contribution in [2.45, 2.75) is 6.17 Å². The Balaban J connectivity index is 3.15. The third kappa shape index (κ3) is 1.85. The lowest BCUT2D eigenvalue weighted by molar-refractivity contribution is -0.134. The van der Waals surface area contributed by atoms with Gasteiger partial charge in [-0.3, -0.25) is 4.79 Å². The molecule has 0 aliphatic rings. The molecule has 0 fully saturated rings. The van der Waals surface area contributed by atoms with Crippen molar-refractivity contribution in [3.8, 4) is 0 Å². The van der Waals surface area contributed by atoms with Crippen molar-refractivity contribution in [1.29, 1.82) is 0 Å². The van der Waals surface area contributed by atoms with Crippen LogP contribution in [-0.2, 0) is 4.79 Å². The molecule has 0 bridgehead atoms. The Morgan fingerprint density at radius 1 is 1.31 bits per heavy atom. The molecule has 0 aliphatic carbocycles. The summed E-state index contributed by atoms with van der Waals surface area (Å²) in [5.74, 6) is -2.86. The van der Waals surface area contributed by atoms with Gasteiger partial charge in [-0.1, -0.05) is 12.1 Å². The summed E-state index contributed by atoms with van der Waals surface area (Å²) < 4.78 is 49.5. The van der Waals surface area contributed by atoms with Gasteiger partial charge < -0.3 is 0 Å². The molecule has 0 saturated heterocycles. The van der Waals surface area contributed by atoms with Crippen LogP contribution >= 0.6 is 0 Å². The summed E-state index contributed by atoms with van der Waals surface area (Å²) in [6.45, 7) is 0. The Morgan fingerprint density at radius 3 is 2.46 bits per heavy atom. The lowest BCUT2D eigenvalue weighted by Gasteiger charge is -2.03. The number of alkyl halides is 1. The van der Waals surface area contributed by atoms with Crippen LogP contribution in [0, 0.1) is 11.6 Å². The van der Waals surface area contributed by atoms with Gasteiger partial charge in [-0.05, 0) is 6.07 Å². The molecule has 70 valence electrons. The first-order chi connectivity index (χ1) is 6.04. The Hall–Kier alpha value is -1.39. The minimum atomic E-state index is -2.75. The lowest BCUT2D eigenvalue weighted by Crippen LogP contribution is -2.05. The van der Waals surface area contributed by atoms with Gasteiger partial charge in [-0.15, -0.1) is 0 Å². The van der Waals surface area contributed by atoms with Gasteiger partial charge >= 0.3 is 6.04 Å². The molecular formula is C8H4F4O. The van der Waals surface area contributed by atoms with Crippen molar-refractivity contribution >= 4 is 6.04 Å². The van der Waals surface area contributed by atoms with Gasteiger partial charge in [0.05, 0.1) is 0 Å². The van der Waals surface area contributed by atoms with Gasteiger partial charge in [0.25, 0.3) is 0 Å². The fourth-order valence-electron chi connectivity index (χ4n) is 0.838. The number of hydrogen-bond donors (Lipinski definition) is 0. The first kappa shape index (κ1) is 9.70. The molecule has 0 heterocycles. The van der Waals surface area contributed by atoms with Crippen LogP contribution in [0.3, 0.4) is 0 Å². The lowest BCUT2D eigenvalue weighted by atomic mass is 10.1. The van der Waals surface area contributed by atoms with Crippen LogP contribution in [-0.4, -0.2) is 6.04 Å². The fraction of sp³-hybridized carbons (Fsp3) is 0.125. The molecule has 0 spiro atoms. The average molecular weight is 192 g/mol. The van der Waals surface area contributed by atoms with E-state index in [1.165, 1.54) is 0 Å². The predicted octanol–water partition coefficient (Wildman–Crippen LogP) is 2.47. The van der Waals surface area contributed by atoms with E-state index < -0.39 is 29.4 Å². The van der Waals surface area contributed by atoms with Gasteiger partial charge in [0.15, 0.2) is 11.6 Å². The maximum atomic E-state index is 12.7. The van der Waals surface area contributed by atoms with Crippen LogP contribution in [0.1, 0.15) is 11.7 Å². The molecule has 1 aromatic carbocycles. The Labute approximate surface area is 71.0 Å². The van der Waals surface area contributed by atoms with Crippen molar-refractivity contribution in [3.05, 3.63) is 35.4 Å². The van der Waals surface area contributed by atoms with Gasteiger partial charge in [0.2, 0.25) is 6.17 Å². The van der Waals surface area contributed by atoms with Crippen LogP contribution in [0.2, 0.25) is 0 Å². The molecule has 0 N–H and O–H groups in total. The second-order valence-electron chi connectivity index (χ2n) is 2.31. The number of benzene rings is 1. The normalized spacial score (nSPS) is 12.6. The van der Waals surface area contributed by atoms with Crippen LogP contribution < -0.4 is 0 Å². The Kier molecular flexibility index (Phi) is 2.65. The number of carbonyl (C=O) groups is 1. The van der Waals surface area contributed by atoms with E-state index in [0.29, 0.717) is 0 Å². The van der Waals surface area contributed by atoms with E-state index in [9.17, 15) is 22.4 Å². The molecule has 0 saturated carbocycles. The van der Waals surface area contributed by atoms with E-state index in [0.717, 1.165) is 18.2 Å². The maximum absolute atomic E-state index is 12.7. The molecule has 0 amide bonds. The zero-order valence-corrected chi connectivity index (χ0v) is 6.23. The summed E-state index contributed by atoms with van der Waals surface area (Å²) in [7, 11) is 0. The molecule has 0 aromatic heterocycles. The van der Waals surface area contributed by atoms with Crippen LogP contribution in [0.5, 0.6) is 0 Å².